The summed E-state index contributed by atoms with van der Waals surface area (Å²) in [7, 11) is 0. The number of nitrogens with one attached hydrogen (secondary N) is 1. The molecular formula is C18H27NO2. The molecule has 1 aliphatic rings. The summed E-state index contributed by atoms with van der Waals surface area (Å²) in [6, 6.07) is 8.40. The van der Waals surface area contributed by atoms with E-state index in [4.69, 9.17) is 4.74 Å². The smallest absolute Gasteiger partial charge is 0.327 e. The number of carbonyl (C=O) groups is 1. The lowest BCUT2D eigenvalue weighted by molar-refractivity contribution is -0.146. The quantitative estimate of drug-likeness (QED) is 0.810. The Bertz CT molecular complexity index is 435. The minimum Gasteiger partial charge on any atom is -0.465 e. The monoisotopic (exact) mass is 289 g/mol. The summed E-state index contributed by atoms with van der Waals surface area (Å²) in [5.74, 6) is -0.160. The Kier molecular flexibility index (Phi) is 6.24. The molecule has 21 heavy (non-hydrogen) atoms. The maximum atomic E-state index is 12.3. The van der Waals surface area contributed by atoms with E-state index in [1.165, 1.54) is 24.8 Å². The molecule has 0 aromatic heterocycles. The molecule has 1 unspecified atom stereocenters. The van der Waals surface area contributed by atoms with Crippen LogP contribution in [0.3, 0.4) is 0 Å². The van der Waals surface area contributed by atoms with Crippen molar-refractivity contribution in [2.75, 3.05) is 6.61 Å². The topological polar surface area (TPSA) is 38.3 Å². The van der Waals surface area contributed by atoms with E-state index >= 15 is 0 Å². The van der Waals surface area contributed by atoms with E-state index in [-0.39, 0.29) is 12.0 Å². The summed E-state index contributed by atoms with van der Waals surface area (Å²) >= 11 is 0. The van der Waals surface area contributed by atoms with Crippen LogP contribution in [0.5, 0.6) is 0 Å². The van der Waals surface area contributed by atoms with Gasteiger partial charge in [0, 0.05) is 6.04 Å². The Labute approximate surface area is 128 Å². The zero-order valence-corrected chi connectivity index (χ0v) is 13.2. The Morgan fingerprint density at radius 3 is 2.43 bits per heavy atom. The van der Waals surface area contributed by atoms with Gasteiger partial charge in [0.15, 0.2) is 0 Å². The van der Waals surface area contributed by atoms with Crippen molar-refractivity contribution in [2.24, 2.45) is 0 Å². The Morgan fingerprint density at radius 2 is 1.86 bits per heavy atom. The largest absolute Gasteiger partial charge is 0.465 e. The molecule has 0 bridgehead atoms. The van der Waals surface area contributed by atoms with Crippen LogP contribution in [0.4, 0.5) is 0 Å². The van der Waals surface area contributed by atoms with Gasteiger partial charge in [-0.25, -0.2) is 4.79 Å². The number of carbonyl (C=O) groups excluding carboxylic acids is 1. The van der Waals surface area contributed by atoms with Gasteiger partial charge in [0.1, 0.15) is 6.04 Å². The summed E-state index contributed by atoms with van der Waals surface area (Å²) in [5.41, 5.74) is 2.30. The number of hydrogen-bond acceptors (Lipinski definition) is 3. The lowest BCUT2D eigenvalue weighted by Gasteiger charge is -2.27. The first-order chi connectivity index (χ1) is 10.2. The SMILES string of the molecule is CCOC(=O)C(NC1CCCCC1)c1ccc(CC)cc1. The average Bonchev–Trinajstić information content (AvgIpc) is 2.54. The highest BCUT2D eigenvalue weighted by Gasteiger charge is 2.25. The highest BCUT2D eigenvalue weighted by Crippen LogP contribution is 2.23. The number of esters is 1. The molecule has 0 radical (unpaired) electrons. The first kappa shape index (κ1) is 16.0. The van der Waals surface area contributed by atoms with E-state index < -0.39 is 0 Å². The van der Waals surface area contributed by atoms with Gasteiger partial charge >= 0.3 is 5.97 Å². The van der Waals surface area contributed by atoms with Crippen molar-refractivity contribution < 1.29 is 9.53 Å². The minimum atomic E-state index is -0.334. The molecule has 1 N–H and O–H groups in total. The highest BCUT2D eigenvalue weighted by molar-refractivity contribution is 5.77. The molecule has 3 heteroatoms. The molecule has 116 valence electrons. The van der Waals surface area contributed by atoms with Gasteiger partial charge < -0.3 is 4.74 Å². The van der Waals surface area contributed by atoms with Crippen molar-refractivity contribution in [1.29, 1.82) is 0 Å². The van der Waals surface area contributed by atoms with Crippen molar-refractivity contribution in [3.63, 3.8) is 0 Å². The third kappa shape index (κ3) is 4.57. The van der Waals surface area contributed by atoms with Crippen LogP contribution >= 0.6 is 0 Å². The second-order valence-corrected chi connectivity index (χ2v) is 5.78. The van der Waals surface area contributed by atoms with Crippen LogP contribution in [0.15, 0.2) is 24.3 Å². The zero-order chi connectivity index (χ0) is 15.1. The fourth-order valence-corrected chi connectivity index (χ4v) is 2.98. The van der Waals surface area contributed by atoms with Gasteiger partial charge in [0.25, 0.3) is 0 Å². The van der Waals surface area contributed by atoms with Crippen LogP contribution in [-0.4, -0.2) is 18.6 Å². The van der Waals surface area contributed by atoms with Gasteiger partial charge in [-0.3, -0.25) is 5.32 Å². The normalized spacial score (nSPS) is 17.4. The zero-order valence-electron chi connectivity index (χ0n) is 13.2. The Hall–Kier alpha value is -1.35. The molecule has 1 atom stereocenters. The van der Waals surface area contributed by atoms with Crippen molar-refractivity contribution in [1.82, 2.24) is 5.32 Å². The molecule has 0 spiro atoms. The van der Waals surface area contributed by atoms with Crippen LogP contribution in [-0.2, 0) is 16.0 Å². The standard InChI is InChI=1S/C18H27NO2/c1-3-14-10-12-15(13-11-14)17(18(20)21-4-2)19-16-8-6-5-7-9-16/h10-13,16-17,19H,3-9H2,1-2H3. The van der Waals surface area contributed by atoms with Crippen LogP contribution in [0.1, 0.15) is 63.1 Å². The maximum Gasteiger partial charge on any atom is 0.327 e. The van der Waals surface area contributed by atoms with Crippen molar-refractivity contribution in [2.45, 2.75) is 64.5 Å². The third-order valence-electron chi connectivity index (χ3n) is 4.25. The molecule has 1 aromatic carbocycles. The molecule has 1 aromatic rings. The van der Waals surface area contributed by atoms with Gasteiger partial charge in [-0.15, -0.1) is 0 Å². The lowest BCUT2D eigenvalue weighted by atomic mass is 9.93. The number of benzene rings is 1. The molecule has 1 saturated carbocycles. The van der Waals surface area contributed by atoms with Gasteiger partial charge in [-0.05, 0) is 37.3 Å². The fraction of sp³-hybridized carbons (Fsp3) is 0.611. The molecule has 3 nitrogen and oxygen atoms in total. The predicted octanol–water partition coefficient (Wildman–Crippen LogP) is 3.78. The first-order valence-electron chi connectivity index (χ1n) is 8.26. The second-order valence-electron chi connectivity index (χ2n) is 5.78. The van der Waals surface area contributed by atoms with E-state index in [9.17, 15) is 4.79 Å². The van der Waals surface area contributed by atoms with Gasteiger partial charge in [-0.1, -0.05) is 50.5 Å². The second kappa shape index (κ2) is 8.18. The van der Waals surface area contributed by atoms with Gasteiger partial charge in [-0.2, -0.15) is 0 Å². The van der Waals surface area contributed by atoms with Crippen LogP contribution in [0, 0.1) is 0 Å². The molecule has 0 amide bonds. The molecule has 1 fully saturated rings. The minimum absolute atomic E-state index is 0.160. The molecule has 0 saturated heterocycles. The molecule has 2 rings (SSSR count). The van der Waals surface area contributed by atoms with E-state index in [1.807, 2.05) is 6.92 Å². The molecule has 0 heterocycles. The van der Waals surface area contributed by atoms with Crippen LogP contribution in [0.2, 0.25) is 0 Å². The van der Waals surface area contributed by atoms with E-state index in [1.54, 1.807) is 0 Å². The summed E-state index contributed by atoms with van der Waals surface area (Å²) < 4.78 is 5.26. The summed E-state index contributed by atoms with van der Waals surface area (Å²) in [6.45, 7) is 4.42. The Balaban J connectivity index is 2.11. The van der Waals surface area contributed by atoms with Gasteiger partial charge in [0.2, 0.25) is 0 Å². The van der Waals surface area contributed by atoms with E-state index in [2.05, 4.69) is 36.5 Å². The summed E-state index contributed by atoms with van der Waals surface area (Å²) in [5, 5.41) is 3.52. The van der Waals surface area contributed by atoms with Crippen molar-refractivity contribution in [3.8, 4) is 0 Å². The predicted molar refractivity (Wildman–Crippen MR) is 85.2 cm³/mol. The fourth-order valence-electron chi connectivity index (χ4n) is 2.98. The highest BCUT2D eigenvalue weighted by atomic mass is 16.5. The van der Waals surface area contributed by atoms with Crippen LogP contribution in [0.25, 0.3) is 0 Å². The Morgan fingerprint density at radius 1 is 1.19 bits per heavy atom. The number of aryl methyl sites for hydroxylation is 1. The summed E-state index contributed by atoms with van der Waals surface area (Å²) in [6.07, 6.45) is 7.14. The van der Waals surface area contributed by atoms with E-state index in [0.29, 0.717) is 12.6 Å². The molecule has 0 aliphatic heterocycles. The lowest BCUT2D eigenvalue weighted by Crippen LogP contribution is -2.39. The van der Waals surface area contributed by atoms with Crippen LogP contribution < -0.4 is 5.32 Å². The van der Waals surface area contributed by atoms with Gasteiger partial charge in [0.05, 0.1) is 6.61 Å². The third-order valence-corrected chi connectivity index (χ3v) is 4.25. The molecule has 1 aliphatic carbocycles. The number of rotatable bonds is 6. The molecular weight excluding hydrogens is 262 g/mol. The maximum absolute atomic E-state index is 12.3. The van der Waals surface area contributed by atoms with Crippen molar-refractivity contribution >= 4 is 5.97 Å². The number of hydrogen-bond donors (Lipinski definition) is 1. The van der Waals surface area contributed by atoms with E-state index in [0.717, 1.165) is 24.8 Å². The number of ether oxygens (including phenoxy) is 1. The average molecular weight is 289 g/mol. The van der Waals surface area contributed by atoms with Crippen molar-refractivity contribution in [3.05, 3.63) is 35.4 Å². The summed E-state index contributed by atoms with van der Waals surface area (Å²) in [4.78, 5) is 12.3. The first-order valence-corrected chi connectivity index (χ1v) is 8.26.